The molecule has 0 radical (unpaired) electrons. The molecule has 0 saturated carbocycles. The van der Waals surface area contributed by atoms with E-state index >= 15 is 0 Å². The molecule has 0 atom stereocenters. The van der Waals surface area contributed by atoms with Gasteiger partial charge in [-0.2, -0.15) is 10.2 Å². The summed E-state index contributed by atoms with van der Waals surface area (Å²) in [6, 6.07) is 0. The lowest BCUT2D eigenvalue weighted by molar-refractivity contribution is 0.695. The Hall–Kier alpha value is -0.400. The summed E-state index contributed by atoms with van der Waals surface area (Å²) in [5.41, 5.74) is 0. The van der Waals surface area contributed by atoms with Crippen molar-refractivity contribution in [2.75, 3.05) is 0 Å². The number of hydrogen-bond donors (Lipinski definition) is 0. The van der Waals surface area contributed by atoms with Crippen LogP contribution in [-0.4, -0.2) is 6.17 Å². The Morgan fingerprint density at radius 2 is 2.14 bits per heavy atom. The molecule has 1 rings (SSSR count). The molecule has 0 aliphatic carbocycles. The zero-order valence-corrected chi connectivity index (χ0v) is 4.59. The van der Waals surface area contributed by atoms with Gasteiger partial charge >= 0.3 is 0 Å². The molecule has 7 heavy (non-hydrogen) atoms. The largest absolute Gasteiger partial charge is 0.181 e. The van der Waals surface area contributed by atoms with Crippen LogP contribution in [-0.2, 0) is 0 Å². The maximum absolute atomic E-state index is 3.76. The Morgan fingerprint density at radius 3 is 2.57 bits per heavy atom. The topological polar surface area (TPSA) is 24.7 Å². The molecule has 0 fully saturated rings. The van der Waals surface area contributed by atoms with Crippen LogP contribution in [0.15, 0.2) is 10.2 Å². The summed E-state index contributed by atoms with van der Waals surface area (Å²) in [6.45, 7) is 2.18. The molecule has 0 aromatic rings. The fourth-order valence-electron chi connectivity index (χ4n) is 0.549. The molecule has 0 amide bonds. The first-order valence-corrected chi connectivity index (χ1v) is 2.83. The van der Waals surface area contributed by atoms with Crippen LogP contribution < -0.4 is 0 Å². The van der Waals surface area contributed by atoms with Crippen LogP contribution in [0.5, 0.6) is 0 Å². The Morgan fingerprint density at radius 1 is 1.43 bits per heavy atom. The van der Waals surface area contributed by atoms with Gasteiger partial charge in [0.25, 0.3) is 0 Å². The van der Waals surface area contributed by atoms with Crippen molar-refractivity contribution in [1.82, 2.24) is 0 Å². The second-order valence-corrected chi connectivity index (χ2v) is 1.85. The first-order valence-electron chi connectivity index (χ1n) is 2.83. The molecule has 1 aliphatic heterocycles. The second-order valence-electron chi connectivity index (χ2n) is 1.85. The van der Waals surface area contributed by atoms with Gasteiger partial charge in [0, 0.05) is 0 Å². The van der Waals surface area contributed by atoms with Gasteiger partial charge in [0.05, 0.1) is 0 Å². The van der Waals surface area contributed by atoms with Crippen molar-refractivity contribution in [2.24, 2.45) is 10.2 Å². The fourth-order valence-corrected chi connectivity index (χ4v) is 0.549. The van der Waals surface area contributed by atoms with E-state index in [0.29, 0.717) is 6.17 Å². The quantitative estimate of drug-likeness (QED) is 0.515. The van der Waals surface area contributed by atoms with E-state index in [9.17, 15) is 0 Å². The van der Waals surface area contributed by atoms with E-state index in [-0.39, 0.29) is 0 Å². The normalized spacial score (nSPS) is 17.9. The van der Waals surface area contributed by atoms with E-state index in [2.05, 4.69) is 17.2 Å². The minimum Gasteiger partial charge on any atom is -0.163 e. The summed E-state index contributed by atoms with van der Waals surface area (Å²) in [7, 11) is 0. The average molecular weight is 98.1 g/mol. The van der Waals surface area contributed by atoms with Crippen molar-refractivity contribution in [3.63, 3.8) is 0 Å². The Labute approximate surface area is 43.6 Å². The maximum Gasteiger partial charge on any atom is 0.181 e. The Bertz CT molecular complexity index is 72.1. The molecule has 0 spiro atoms. The highest BCUT2D eigenvalue weighted by Crippen LogP contribution is 2.16. The lowest BCUT2D eigenvalue weighted by Gasteiger charge is -1.85. The van der Waals surface area contributed by atoms with E-state index in [1.54, 1.807) is 0 Å². The number of hydrogen-bond acceptors (Lipinski definition) is 2. The summed E-state index contributed by atoms with van der Waals surface area (Å²) >= 11 is 0. The third-order valence-corrected chi connectivity index (χ3v) is 1.09. The van der Waals surface area contributed by atoms with E-state index < -0.39 is 0 Å². The number of nitrogens with zero attached hydrogens (tertiary/aromatic N) is 2. The van der Waals surface area contributed by atoms with Crippen molar-refractivity contribution >= 4 is 0 Å². The fraction of sp³-hybridized carbons (Fsp3) is 1.00. The van der Waals surface area contributed by atoms with Crippen LogP contribution in [0, 0.1) is 0 Å². The molecule has 0 unspecified atom stereocenters. The zero-order chi connectivity index (χ0) is 5.11. The van der Waals surface area contributed by atoms with Gasteiger partial charge in [-0.3, -0.25) is 0 Å². The molecule has 0 N–H and O–H groups in total. The van der Waals surface area contributed by atoms with Crippen LogP contribution in [0.3, 0.4) is 0 Å². The van der Waals surface area contributed by atoms with Crippen molar-refractivity contribution in [1.29, 1.82) is 0 Å². The van der Waals surface area contributed by atoms with E-state index in [1.165, 1.54) is 19.3 Å². The molecule has 1 aliphatic rings. The molecule has 1 heterocycles. The van der Waals surface area contributed by atoms with Gasteiger partial charge in [0.2, 0.25) is 0 Å². The van der Waals surface area contributed by atoms with Gasteiger partial charge in [-0.05, 0) is 12.8 Å². The summed E-state index contributed by atoms with van der Waals surface area (Å²) in [6.07, 6.45) is 4.12. The molecular weight excluding hydrogens is 88.1 g/mol. The second kappa shape index (κ2) is 2.05. The van der Waals surface area contributed by atoms with Gasteiger partial charge < -0.3 is 0 Å². The monoisotopic (exact) mass is 98.1 g/mol. The Kier molecular flexibility index (Phi) is 1.39. The highest BCUT2D eigenvalue weighted by Gasteiger charge is 2.12. The van der Waals surface area contributed by atoms with Crippen molar-refractivity contribution < 1.29 is 0 Å². The highest BCUT2D eigenvalue weighted by atomic mass is 15.4. The van der Waals surface area contributed by atoms with E-state index in [1.807, 2.05) is 0 Å². The third-order valence-electron chi connectivity index (χ3n) is 1.09. The minimum absolute atomic E-state index is 0.403. The summed E-state index contributed by atoms with van der Waals surface area (Å²) in [4.78, 5) is 0. The van der Waals surface area contributed by atoms with Crippen molar-refractivity contribution in [2.45, 2.75) is 32.4 Å². The summed E-state index contributed by atoms with van der Waals surface area (Å²) in [5, 5.41) is 7.53. The van der Waals surface area contributed by atoms with E-state index in [4.69, 9.17) is 0 Å². The van der Waals surface area contributed by atoms with Gasteiger partial charge in [0.1, 0.15) is 0 Å². The van der Waals surface area contributed by atoms with Gasteiger partial charge in [-0.15, -0.1) is 0 Å². The van der Waals surface area contributed by atoms with Crippen LogP contribution in [0.25, 0.3) is 0 Å². The first kappa shape index (κ1) is 4.75. The molecule has 0 aromatic heterocycles. The summed E-state index contributed by atoms with van der Waals surface area (Å²) in [5.74, 6) is 0. The predicted octanol–water partition coefficient (Wildman–Crippen LogP) is 1.97. The number of rotatable bonds is 3. The maximum atomic E-state index is 3.76. The molecule has 2 nitrogen and oxygen atoms in total. The zero-order valence-electron chi connectivity index (χ0n) is 4.59. The van der Waals surface area contributed by atoms with Crippen LogP contribution in [0.1, 0.15) is 26.2 Å². The molecule has 0 bridgehead atoms. The standard InChI is InChI=1S/C5H10N2/c1-2-3-4-5-6-7-5/h5H,2-4H2,1H3. The third kappa shape index (κ3) is 1.67. The predicted molar refractivity (Wildman–Crippen MR) is 28.2 cm³/mol. The summed E-state index contributed by atoms with van der Waals surface area (Å²) < 4.78 is 0. The van der Waals surface area contributed by atoms with Crippen LogP contribution in [0.4, 0.5) is 0 Å². The first-order chi connectivity index (χ1) is 3.43. The van der Waals surface area contributed by atoms with Crippen LogP contribution in [0.2, 0.25) is 0 Å². The lowest BCUT2D eigenvalue weighted by atomic mass is 10.2. The molecular formula is C5H10N2. The van der Waals surface area contributed by atoms with Gasteiger partial charge in [-0.25, -0.2) is 0 Å². The van der Waals surface area contributed by atoms with Crippen molar-refractivity contribution in [3.05, 3.63) is 0 Å². The van der Waals surface area contributed by atoms with Gasteiger partial charge in [0.15, 0.2) is 6.17 Å². The molecule has 0 aromatic carbocycles. The smallest absolute Gasteiger partial charge is 0.163 e. The molecule has 40 valence electrons. The number of unbranched alkanes of at least 4 members (excludes halogenated alkanes) is 1. The Balaban J connectivity index is 1.81. The van der Waals surface area contributed by atoms with Crippen molar-refractivity contribution in [3.8, 4) is 0 Å². The lowest BCUT2D eigenvalue weighted by Crippen LogP contribution is -1.81. The molecule has 2 heteroatoms. The van der Waals surface area contributed by atoms with Crippen LogP contribution >= 0.6 is 0 Å². The van der Waals surface area contributed by atoms with Gasteiger partial charge in [-0.1, -0.05) is 13.3 Å². The minimum atomic E-state index is 0.403. The highest BCUT2D eigenvalue weighted by molar-refractivity contribution is 4.68. The molecule has 0 saturated heterocycles. The van der Waals surface area contributed by atoms with E-state index in [0.717, 1.165) is 0 Å². The SMILES string of the molecule is CCCCC1N=N1. The average Bonchev–Trinajstić information content (AvgIpc) is 2.42.